The summed E-state index contributed by atoms with van der Waals surface area (Å²) in [4.78, 5) is 16.8. The van der Waals surface area contributed by atoms with Gasteiger partial charge in [0.2, 0.25) is 0 Å². The predicted octanol–water partition coefficient (Wildman–Crippen LogP) is 3.15. The van der Waals surface area contributed by atoms with Crippen LogP contribution in [-0.4, -0.2) is 20.7 Å². The van der Waals surface area contributed by atoms with Crippen molar-refractivity contribution in [3.8, 4) is 0 Å². The van der Waals surface area contributed by atoms with Crippen LogP contribution in [0.1, 0.15) is 27.2 Å². The van der Waals surface area contributed by atoms with Gasteiger partial charge in [-0.1, -0.05) is 17.7 Å². The summed E-state index contributed by atoms with van der Waals surface area (Å²) in [5, 5.41) is 8.20. The average Bonchev–Trinajstić information content (AvgIpc) is 2.76. The number of pyridine rings is 1. The van der Waals surface area contributed by atoms with Gasteiger partial charge in [-0.05, 0) is 38.5 Å². The molecule has 112 valence electrons. The van der Waals surface area contributed by atoms with Crippen LogP contribution in [0.15, 0.2) is 30.5 Å². The molecule has 0 aliphatic carbocycles. The number of hydrogen-bond acceptors (Lipinski definition) is 3. The molecule has 1 aromatic carbocycles. The SMILES string of the molecule is Cc1ccc(C)c(C(=O)Nc2cnc3c(c2)c(C)nn3C)c1. The Kier molecular flexibility index (Phi) is 3.41. The molecule has 1 amide bonds. The van der Waals surface area contributed by atoms with Crippen molar-refractivity contribution >= 4 is 22.6 Å². The molecule has 0 bridgehead atoms. The number of nitrogens with one attached hydrogen (secondary N) is 1. The fraction of sp³-hybridized carbons (Fsp3) is 0.235. The average molecular weight is 294 g/mol. The van der Waals surface area contributed by atoms with Crippen LogP contribution in [0, 0.1) is 20.8 Å². The van der Waals surface area contributed by atoms with Gasteiger partial charge in [0.25, 0.3) is 5.91 Å². The number of carbonyl (C=O) groups excluding carboxylic acids is 1. The number of amides is 1. The Bertz CT molecular complexity index is 880. The molecule has 0 atom stereocenters. The van der Waals surface area contributed by atoms with Gasteiger partial charge in [-0.3, -0.25) is 9.48 Å². The number of anilines is 1. The molecule has 0 aliphatic rings. The molecule has 2 heterocycles. The molecule has 5 heteroatoms. The van der Waals surface area contributed by atoms with Crippen molar-refractivity contribution in [1.29, 1.82) is 0 Å². The van der Waals surface area contributed by atoms with Crippen molar-refractivity contribution < 1.29 is 4.79 Å². The van der Waals surface area contributed by atoms with E-state index in [0.29, 0.717) is 11.3 Å². The number of fused-ring (bicyclic) bond motifs is 1. The second-order valence-corrected chi connectivity index (χ2v) is 5.58. The summed E-state index contributed by atoms with van der Waals surface area (Å²) >= 11 is 0. The standard InChI is InChI=1S/C17H18N4O/c1-10-5-6-11(2)14(7-10)17(22)19-13-8-15-12(3)20-21(4)16(15)18-9-13/h5-9H,1-4H3,(H,19,22). The number of carbonyl (C=O) groups is 1. The Morgan fingerprint density at radius 2 is 1.95 bits per heavy atom. The molecule has 0 spiro atoms. The Labute approximate surface area is 129 Å². The van der Waals surface area contributed by atoms with E-state index in [1.807, 2.05) is 52.1 Å². The summed E-state index contributed by atoms with van der Waals surface area (Å²) in [6.07, 6.45) is 1.66. The van der Waals surface area contributed by atoms with Gasteiger partial charge < -0.3 is 5.32 Å². The van der Waals surface area contributed by atoms with Crippen LogP contribution in [0.4, 0.5) is 5.69 Å². The van der Waals surface area contributed by atoms with E-state index in [-0.39, 0.29) is 5.91 Å². The summed E-state index contributed by atoms with van der Waals surface area (Å²) in [7, 11) is 1.86. The second-order valence-electron chi connectivity index (χ2n) is 5.58. The Morgan fingerprint density at radius 1 is 1.18 bits per heavy atom. The maximum Gasteiger partial charge on any atom is 0.255 e. The second kappa shape index (κ2) is 5.26. The lowest BCUT2D eigenvalue weighted by atomic mass is 10.1. The molecule has 0 radical (unpaired) electrons. The van der Waals surface area contributed by atoms with Crippen molar-refractivity contribution in [2.75, 3.05) is 5.32 Å². The lowest BCUT2D eigenvalue weighted by Crippen LogP contribution is -2.13. The number of aryl methyl sites for hydroxylation is 4. The molecule has 1 N–H and O–H groups in total. The van der Waals surface area contributed by atoms with Crippen LogP contribution in [-0.2, 0) is 7.05 Å². The highest BCUT2D eigenvalue weighted by molar-refractivity contribution is 6.06. The van der Waals surface area contributed by atoms with E-state index in [4.69, 9.17) is 0 Å². The molecule has 0 unspecified atom stereocenters. The van der Waals surface area contributed by atoms with Crippen LogP contribution in [0.5, 0.6) is 0 Å². The first-order chi connectivity index (χ1) is 10.5. The summed E-state index contributed by atoms with van der Waals surface area (Å²) in [5.74, 6) is -0.121. The van der Waals surface area contributed by atoms with E-state index in [0.717, 1.165) is 27.9 Å². The third-order valence-corrected chi connectivity index (χ3v) is 3.76. The van der Waals surface area contributed by atoms with E-state index in [1.165, 1.54) is 0 Å². The van der Waals surface area contributed by atoms with Gasteiger partial charge in [-0.2, -0.15) is 5.10 Å². The topological polar surface area (TPSA) is 59.8 Å². The fourth-order valence-electron chi connectivity index (χ4n) is 2.56. The first-order valence-corrected chi connectivity index (χ1v) is 7.13. The zero-order chi connectivity index (χ0) is 15.9. The van der Waals surface area contributed by atoms with Gasteiger partial charge in [0.05, 0.1) is 17.6 Å². The molecule has 22 heavy (non-hydrogen) atoms. The highest BCUT2D eigenvalue weighted by Crippen LogP contribution is 2.20. The molecule has 2 aromatic heterocycles. The Hall–Kier alpha value is -2.69. The van der Waals surface area contributed by atoms with Crippen molar-refractivity contribution in [1.82, 2.24) is 14.8 Å². The van der Waals surface area contributed by atoms with Gasteiger partial charge in [0, 0.05) is 18.0 Å². The van der Waals surface area contributed by atoms with Crippen molar-refractivity contribution in [3.63, 3.8) is 0 Å². The summed E-state index contributed by atoms with van der Waals surface area (Å²) < 4.78 is 1.74. The van der Waals surface area contributed by atoms with Gasteiger partial charge in [0.1, 0.15) is 0 Å². The van der Waals surface area contributed by atoms with Gasteiger partial charge in [-0.15, -0.1) is 0 Å². The van der Waals surface area contributed by atoms with Crippen molar-refractivity contribution in [3.05, 3.63) is 52.8 Å². The molecular weight excluding hydrogens is 276 g/mol. The van der Waals surface area contributed by atoms with E-state index in [1.54, 1.807) is 10.9 Å². The zero-order valence-electron chi connectivity index (χ0n) is 13.1. The van der Waals surface area contributed by atoms with Crippen molar-refractivity contribution in [2.45, 2.75) is 20.8 Å². The Balaban J connectivity index is 1.94. The number of nitrogens with zero attached hydrogens (tertiary/aromatic N) is 3. The summed E-state index contributed by atoms with van der Waals surface area (Å²) in [5.41, 5.74) is 5.08. The highest BCUT2D eigenvalue weighted by atomic mass is 16.1. The minimum Gasteiger partial charge on any atom is -0.321 e. The van der Waals surface area contributed by atoms with Crippen LogP contribution < -0.4 is 5.32 Å². The van der Waals surface area contributed by atoms with E-state index in [9.17, 15) is 4.79 Å². The highest BCUT2D eigenvalue weighted by Gasteiger charge is 2.12. The maximum atomic E-state index is 12.5. The molecule has 0 fully saturated rings. The molecular formula is C17H18N4O. The first-order valence-electron chi connectivity index (χ1n) is 7.13. The fourth-order valence-corrected chi connectivity index (χ4v) is 2.56. The largest absolute Gasteiger partial charge is 0.321 e. The molecule has 0 saturated carbocycles. The van der Waals surface area contributed by atoms with Gasteiger partial charge >= 0.3 is 0 Å². The predicted molar refractivity (Wildman–Crippen MR) is 87.1 cm³/mol. The quantitative estimate of drug-likeness (QED) is 0.790. The molecule has 3 rings (SSSR count). The van der Waals surface area contributed by atoms with Crippen LogP contribution >= 0.6 is 0 Å². The third kappa shape index (κ3) is 2.45. The Morgan fingerprint density at radius 3 is 2.73 bits per heavy atom. The normalized spacial score (nSPS) is 10.9. The van der Waals surface area contributed by atoms with Gasteiger partial charge in [0.15, 0.2) is 5.65 Å². The zero-order valence-corrected chi connectivity index (χ0v) is 13.1. The van der Waals surface area contributed by atoms with Crippen LogP contribution in [0.3, 0.4) is 0 Å². The van der Waals surface area contributed by atoms with E-state index < -0.39 is 0 Å². The van der Waals surface area contributed by atoms with Crippen LogP contribution in [0.2, 0.25) is 0 Å². The van der Waals surface area contributed by atoms with E-state index >= 15 is 0 Å². The third-order valence-electron chi connectivity index (χ3n) is 3.76. The van der Waals surface area contributed by atoms with Crippen LogP contribution in [0.25, 0.3) is 11.0 Å². The minimum absolute atomic E-state index is 0.121. The maximum absolute atomic E-state index is 12.5. The number of aromatic nitrogens is 3. The number of rotatable bonds is 2. The monoisotopic (exact) mass is 294 g/mol. The lowest BCUT2D eigenvalue weighted by Gasteiger charge is -2.08. The molecule has 5 nitrogen and oxygen atoms in total. The number of hydrogen-bond donors (Lipinski definition) is 1. The smallest absolute Gasteiger partial charge is 0.255 e. The van der Waals surface area contributed by atoms with Gasteiger partial charge in [-0.25, -0.2) is 4.98 Å². The molecule has 0 aliphatic heterocycles. The summed E-state index contributed by atoms with van der Waals surface area (Å²) in [6, 6.07) is 7.76. The van der Waals surface area contributed by atoms with Crippen molar-refractivity contribution in [2.24, 2.45) is 7.05 Å². The summed E-state index contributed by atoms with van der Waals surface area (Å²) in [6.45, 7) is 5.84. The first kappa shape index (κ1) is 14.3. The minimum atomic E-state index is -0.121. The molecule has 3 aromatic rings. The molecule has 0 saturated heterocycles. The number of benzene rings is 1. The van der Waals surface area contributed by atoms with E-state index in [2.05, 4.69) is 15.4 Å². The lowest BCUT2D eigenvalue weighted by molar-refractivity contribution is 0.102.